The molecule has 1 spiro atoms. The molecule has 7 rings (SSSR count). The Morgan fingerprint density at radius 2 is 2.00 bits per heavy atom. The molecule has 0 aromatic heterocycles. The molecule has 0 saturated heterocycles. The lowest BCUT2D eigenvalue weighted by Gasteiger charge is -2.47. The highest BCUT2D eigenvalue weighted by Crippen LogP contribution is 2.70. The van der Waals surface area contributed by atoms with Crippen LogP contribution in [0.2, 0.25) is 0 Å². The third kappa shape index (κ3) is 1.19. The standard InChI is InChI=1S/C21H22O/c22-18-7-5-12-2-1-3-15-13-4-6-17-16(10-13)14-8-9-21(17,11-14)20(18)19(12)15/h1-3,13-14,20H,4-11H2. The summed E-state index contributed by atoms with van der Waals surface area (Å²) in [6.07, 6.45) is 9.61. The van der Waals surface area contributed by atoms with Crippen molar-refractivity contribution in [1.29, 1.82) is 0 Å². The zero-order chi connectivity index (χ0) is 14.5. The number of benzene rings is 1. The number of allylic oxidation sites excluding steroid dienone is 2. The van der Waals surface area contributed by atoms with Crippen molar-refractivity contribution in [2.24, 2.45) is 11.3 Å². The van der Waals surface area contributed by atoms with Crippen LogP contribution in [0.25, 0.3) is 0 Å². The van der Waals surface area contributed by atoms with Crippen molar-refractivity contribution in [2.45, 2.75) is 63.2 Å². The molecule has 4 atom stereocenters. The van der Waals surface area contributed by atoms with Crippen LogP contribution in [-0.4, -0.2) is 5.78 Å². The molecule has 112 valence electrons. The minimum Gasteiger partial charge on any atom is -0.299 e. The zero-order valence-corrected chi connectivity index (χ0v) is 13.0. The smallest absolute Gasteiger partial charge is 0.141 e. The molecule has 5 bridgehead atoms. The third-order valence-corrected chi connectivity index (χ3v) is 7.71. The van der Waals surface area contributed by atoms with Crippen LogP contribution in [0.4, 0.5) is 0 Å². The molecular weight excluding hydrogens is 268 g/mol. The van der Waals surface area contributed by atoms with Gasteiger partial charge in [-0.05, 0) is 73.5 Å². The molecule has 6 aliphatic carbocycles. The summed E-state index contributed by atoms with van der Waals surface area (Å²) < 4.78 is 0. The predicted octanol–water partition coefficient (Wildman–Crippen LogP) is 4.66. The van der Waals surface area contributed by atoms with Gasteiger partial charge < -0.3 is 0 Å². The molecule has 1 aromatic rings. The van der Waals surface area contributed by atoms with Crippen LogP contribution in [0, 0.1) is 11.3 Å². The fourth-order valence-corrected chi connectivity index (χ4v) is 7.01. The van der Waals surface area contributed by atoms with E-state index in [9.17, 15) is 4.79 Å². The topological polar surface area (TPSA) is 17.1 Å². The van der Waals surface area contributed by atoms with Gasteiger partial charge in [-0.3, -0.25) is 4.79 Å². The quantitative estimate of drug-likeness (QED) is 0.635. The monoisotopic (exact) mass is 290 g/mol. The highest BCUT2D eigenvalue weighted by Gasteiger charge is 2.59. The van der Waals surface area contributed by atoms with Crippen molar-refractivity contribution in [3.8, 4) is 0 Å². The van der Waals surface area contributed by atoms with Crippen molar-refractivity contribution in [2.75, 3.05) is 0 Å². The predicted molar refractivity (Wildman–Crippen MR) is 85.9 cm³/mol. The van der Waals surface area contributed by atoms with Crippen LogP contribution in [0.15, 0.2) is 29.3 Å². The van der Waals surface area contributed by atoms with Gasteiger partial charge >= 0.3 is 0 Å². The fourth-order valence-electron chi connectivity index (χ4n) is 7.01. The Kier molecular flexibility index (Phi) is 2.06. The van der Waals surface area contributed by atoms with Gasteiger partial charge in [0.15, 0.2) is 0 Å². The maximum Gasteiger partial charge on any atom is 0.141 e. The highest BCUT2D eigenvalue weighted by molar-refractivity contribution is 5.90. The lowest BCUT2D eigenvalue weighted by Crippen LogP contribution is -2.39. The second-order valence-electron chi connectivity index (χ2n) is 8.36. The van der Waals surface area contributed by atoms with Crippen LogP contribution in [0.1, 0.15) is 73.5 Å². The summed E-state index contributed by atoms with van der Waals surface area (Å²) in [4.78, 5) is 13.1. The molecule has 1 aromatic carbocycles. The van der Waals surface area contributed by atoms with Gasteiger partial charge in [-0.15, -0.1) is 0 Å². The summed E-state index contributed by atoms with van der Waals surface area (Å²) in [5, 5.41) is 0. The number of carbonyl (C=O) groups excluding carboxylic acids is 1. The average Bonchev–Trinajstić information content (AvgIpc) is 3.11. The van der Waals surface area contributed by atoms with Crippen molar-refractivity contribution < 1.29 is 4.79 Å². The Morgan fingerprint density at radius 1 is 1.05 bits per heavy atom. The first kappa shape index (κ1) is 12.1. The number of hydrogen-bond donors (Lipinski definition) is 0. The molecule has 1 fully saturated rings. The van der Waals surface area contributed by atoms with E-state index in [0.29, 0.717) is 11.7 Å². The largest absolute Gasteiger partial charge is 0.299 e. The van der Waals surface area contributed by atoms with Crippen molar-refractivity contribution >= 4 is 5.78 Å². The van der Waals surface area contributed by atoms with E-state index in [2.05, 4.69) is 18.2 Å². The number of rotatable bonds is 0. The first-order valence-electron chi connectivity index (χ1n) is 9.15. The summed E-state index contributed by atoms with van der Waals surface area (Å²) in [5.41, 5.74) is 8.37. The van der Waals surface area contributed by atoms with Gasteiger partial charge in [0.25, 0.3) is 0 Å². The fraction of sp³-hybridized carbons (Fsp3) is 0.571. The molecule has 0 radical (unpaired) electrons. The lowest BCUT2D eigenvalue weighted by molar-refractivity contribution is -0.123. The Bertz CT molecular complexity index is 755. The molecule has 1 saturated carbocycles. The second kappa shape index (κ2) is 3.75. The third-order valence-electron chi connectivity index (χ3n) is 7.71. The number of aryl methyl sites for hydroxylation is 1. The number of ketones is 1. The van der Waals surface area contributed by atoms with Gasteiger partial charge in [-0.2, -0.15) is 0 Å². The first-order chi connectivity index (χ1) is 10.8. The molecule has 0 N–H and O–H groups in total. The van der Waals surface area contributed by atoms with Gasteiger partial charge in [0.2, 0.25) is 0 Å². The summed E-state index contributed by atoms with van der Waals surface area (Å²) >= 11 is 0. The summed E-state index contributed by atoms with van der Waals surface area (Å²) in [6.45, 7) is 0. The normalized spacial score (nSPS) is 40.7. The van der Waals surface area contributed by atoms with E-state index in [-0.39, 0.29) is 11.3 Å². The highest BCUT2D eigenvalue weighted by atomic mass is 16.1. The molecule has 1 heteroatoms. The van der Waals surface area contributed by atoms with E-state index in [1.165, 1.54) is 49.7 Å². The van der Waals surface area contributed by atoms with Gasteiger partial charge in [0.1, 0.15) is 5.78 Å². The van der Waals surface area contributed by atoms with Crippen LogP contribution in [0.5, 0.6) is 0 Å². The van der Waals surface area contributed by atoms with Gasteiger partial charge in [0, 0.05) is 11.8 Å². The molecular formula is C21H22O. The maximum absolute atomic E-state index is 13.1. The van der Waals surface area contributed by atoms with E-state index in [1.54, 1.807) is 16.7 Å². The second-order valence-corrected chi connectivity index (χ2v) is 8.36. The number of fused-ring (bicyclic) bond motifs is 2. The van der Waals surface area contributed by atoms with Crippen molar-refractivity contribution in [3.63, 3.8) is 0 Å². The zero-order valence-electron chi connectivity index (χ0n) is 13.0. The van der Waals surface area contributed by atoms with E-state index < -0.39 is 0 Å². The van der Waals surface area contributed by atoms with Crippen LogP contribution in [0.3, 0.4) is 0 Å². The molecule has 0 heterocycles. The van der Waals surface area contributed by atoms with Crippen LogP contribution < -0.4 is 0 Å². The van der Waals surface area contributed by atoms with Gasteiger partial charge in [-0.1, -0.05) is 29.3 Å². The number of Topliss-reactive ketones (excluding diaryl/α,β-unsaturated/α-hetero) is 1. The molecule has 22 heavy (non-hydrogen) atoms. The SMILES string of the molecule is O=C1CCc2cccc3c2C1C12CCC(C1)C1=C2CCC3C1. The summed E-state index contributed by atoms with van der Waals surface area (Å²) in [6, 6.07) is 6.92. The van der Waals surface area contributed by atoms with Crippen molar-refractivity contribution in [1.82, 2.24) is 0 Å². The molecule has 4 unspecified atom stereocenters. The molecule has 6 aliphatic rings. The van der Waals surface area contributed by atoms with Crippen LogP contribution in [-0.2, 0) is 11.2 Å². The molecule has 0 aliphatic heterocycles. The minimum absolute atomic E-state index is 0.216. The number of hydrogen-bond acceptors (Lipinski definition) is 1. The Balaban J connectivity index is 1.72. The van der Waals surface area contributed by atoms with E-state index in [0.717, 1.165) is 18.8 Å². The summed E-state index contributed by atoms with van der Waals surface area (Å²) in [7, 11) is 0. The Morgan fingerprint density at radius 3 is 2.95 bits per heavy atom. The first-order valence-corrected chi connectivity index (χ1v) is 9.15. The maximum atomic E-state index is 13.1. The average molecular weight is 290 g/mol. The van der Waals surface area contributed by atoms with Crippen molar-refractivity contribution in [3.05, 3.63) is 46.0 Å². The minimum atomic E-state index is 0.216. The molecule has 0 amide bonds. The number of carbonyl (C=O) groups is 1. The van der Waals surface area contributed by atoms with Gasteiger partial charge in [-0.25, -0.2) is 0 Å². The van der Waals surface area contributed by atoms with Gasteiger partial charge in [0.05, 0.1) is 5.92 Å². The summed E-state index contributed by atoms with van der Waals surface area (Å²) in [5.74, 6) is 2.29. The van der Waals surface area contributed by atoms with E-state index in [4.69, 9.17) is 0 Å². The van der Waals surface area contributed by atoms with E-state index >= 15 is 0 Å². The lowest BCUT2D eigenvalue weighted by atomic mass is 9.56. The Labute approximate surface area is 131 Å². The molecule has 1 nitrogen and oxygen atoms in total. The Hall–Kier alpha value is -1.37. The van der Waals surface area contributed by atoms with E-state index in [1.807, 2.05) is 0 Å². The van der Waals surface area contributed by atoms with Crippen LogP contribution >= 0.6 is 0 Å².